The Balaban J connectivity index is 1.97. The molecule has 0 unspecified atom stereocenters. The van der Waals surface area contributed by atoms with E-state index in [-0.39, 0.29) is 5.78 Å². The fourth-order valence-electron chi connectivity index (χ4n) is 1.91. The Labute approximate surface area is 110 Å². The Hall–Kier alpha value is -2.62. The van der Waals surface area contributed by atoms with Gasteiger partial charge in [0.15, 0.2) is 5.76 Å². The summed E-state index contributed by atoms with van der Waals surface area (Å²) in [5.74, 6) is 1.35. The molecule has 4 nitrogen and oxygen atoms in total. The van der Waals surface area contributed by atoms with Crippen molar-refractivity contribution in [3.63, 3.8) is 0 Å². The van der Waals surface area contributed by atoms with Crippen LogP contribution in [0.4, 0.5) is 0 Å². The van der Waals surface area contributed by atoms with Crippen molar-refractivity contribution >= 4 is 11.9 Å². The first-order valence-corrected chi connectivity index (χ1v) is 5.80. The second-order valence-corrected chi connectivity index (χ2v) is 4.09. The molecule has 94 valence electrons. The molecule has 0 saturated heterocycles. The highest BCUT2D eigenvalue weighted by molar-refractivity contribution is 6.14. The van der Waals surface area contributed by atoms with E-state index in [1.165, 1.54) is 0 Å². The number of carbonyl (C=O) groups excluding carboxylic acids is 1. The third-order valence-corrected chi connectivity index (χ3v) is 2.86. The van der Waals surface area contributed by atoms with Gasteiger partial charge in [-0.1, -0.05) is 6.07 Å². The first-order valence-electron chi connectivity index (χ1n) is 5.80. The maximum absolute atomic E-state index is 12.2. The van der Waals surface area contributed by atoms with Crippen LogP contribution in [0.1, 0.15) is 15.9 Å². The smallest absolute Gasteiger partial charge is 0.232 e. The summed E-state index contributed by atoms with van der Waals surface area (Å²) in [6, 6.07) is 8.85. The minimum atomic E-state index is -0.141. The number of benzene rings is 1. The molecule has 0 amide bonds. The largest absolute Gasteiger partial charge is 0.497 e. The number of carbonyl (C=O) groups is 1. The fraction of sp³-hybridized carbons (Fsp3) is 0.0667. The van der Waals surface area contributed by atoms with Crippen molar-refractivity contribution in [2.75, 3.05) is 7.11 Å². The number of hydrogen-bond acceptors (Lipinski definition) is 4. The third kappa shape index (κ3) is 2.08. The van der Waals surface area contributed by atoms with Gasteiger partial charge in [0.1, 0.15) is 11.5 Å². The molecule has 0 aliphatic carbocycles. The molecule has 0 saturated carbocycles. The number of nitrogens with zero attached hydrogens (tertiary/aromatic N) is 1. The van der Waals surface area contributed by atoms with E-state index < -0.39 is 0 Å². The zero-order valence-electron chi connectivity index (χ0n) is 10.3. The van der Waals surface area contributed by atoms with Gasteiger partial charge < -0.3 is 9.47 Å². The van der Waals surface area contributed by atoms with E-state index in [2.05, 4.69) is 4.98 Å². The van der Waals surface area contributed by atoms with Crippen molar-refractivity contribution in [3.05, 3.63) is 59.6 Å². The number of fused-ring (bicyclic) bond motifs is 1. The Morgan fingerprint density at radius 3 is 2.95 bits per heavy atom. The average molecular weight is 253 g/mol. The van der Waals surface area contributed by atoms with Gasteiger partial charge >= 0.3 is 0 Å². The van der Waals surface area contributed by atoms with Gasteiger partial charge in [-0.05, 0) is 35.9 Å². The van der Waals surface area contributed by atoms with Crippen LogP contribution in [0.15, 0.2) is 48.5 Å². The molecule has 1 aliphatic rings. The molecule has 0 fully saturated rings. The number of Topliss-reactive ketones (excluding diaryl/α,β-unsaturated/α-hetero) is 1. The fourth-order valence-corrected chi connectivity index (χ4v) is 1.91. The maximum Gasteiger partial charge on any atom is 0.232 e. The number of pyridine rings is 1. The zero-order chi connectivity index (χ0) is 13.2. The van der Waals surface area contributed by atoms with E-state index in [9.17, 15) is 4.79 Å². The summed E-state index contributed by atoms with van der Waals surface area (Å²) in [4.78, 5) is 16.2. The van der Waals surface area contributed by atoms with Gasteiger partial charge in [0.2, 0.25) is 5.78 Å². The lowest BCUT2D eigenvalue weighted by atomic mass is 10.1. The molecule has 0 radical (unpaired) electrons. The summed E-state index contributed by atoms with van der Waals surface area (Å²) in [6.45, 7) is 0. The SMILES string of the molecule is COc1ccc2c(c1)C(=O)C(=Cc1cccnc1)O2. The number of methoxy groups -OCH3 is 1. The van der Waals surface area contributed by atoms with Gasteiger partial charge in [0, 0.05) is 12.4 Å². The Morgan fingerprint density at radius 2 is 2.21 bits per heavy atom. The van der Waals surface area contributed by atoms with Crippen molar-refractivity contribution < 1.29 is 14.3 Å². The molecule has 1 aromatic heterocycles. The lowest BCUT2D eigenvalue weighted by Crippen LogP contribution is -1.98. The molecule has 0 N–H and O–H groups in total. The Morgan fingerprint density at radius 1 is 1.32 bits per heavy atom. The maximum atomic E-state index is 12.2. The molecule has 19 heavy (non-hydrogen) atoms. The molecule has 2 aromatic rings. The second kappa shape index (κ2) is 4.57. The Kier molecular flexibility index (Phi) is 2.76. The molecule has 0 spiro atoms. The van der Waals surface area contributed by atoms with Gasteiger partial charge in [-0.3, -0.25) is 9.78 Å². The highest BCUT2D eigenvalue weighted by atomic mass is 16.5. The third-order valence-electron chi connectivity index (χ3n) is 2.86. The van der Waals surface area contributed by atoms with Crippen LogP contribution in [0.5, 0.6) is 11.5 Å². The topological polar surface area (TPSA) is 48.4 Å². The predicted molar refractivity (Wildman–Crippen MR) is 70.2 cm³/mol. The Bertz CT molecular complexity index is 662. The van der Waals surface area contributed by atoms with Gasteiger partial charge in [-0.25, -0.2) is 0 Å². The van der Waals surface area contributed by atoms with Crippen LogP contribution in [-0.4, -0.2) is 17.9 Å². The molecule has 2 heterocycles. The van der Waals surface area contributed by atoms with Crippen molar-refractivity contribution in [2.45, 2.75) is 0 Å². The molecule has 3 rings (SSSR count). The first-order chi connectivity index (χ1) is 9.28. The second-order valence-electron chi connectivity index (χ2n) is 4.09. The van der Waals surface area contributed by atoms with E-state index in [0.29, 0.717) is 22.8 Å². The predicted octanol–water partition coefficient (Wildman–Crippen LogP) is 2.71. The lowest BCUT2D eigenvalue weighted by molar-refractivity contribution is 0.101. The van der Waals surface area contributed by atoms with Gasteiger partial charge in [0.25, 0.3) is 0 Å². The minimum absolute atomic E-state index is 0.141. The van der Waals surface area contributed by atoms with Crippen LogP contribution in [-0.2, 0) is 0 Å². The van der Waals surface area contributed by atoms with E-state index in [4.69, 9.17) is 9.47 Å². The van der Waals surface area contributed by atoms with Gasteiger partial charge in [0.05, 0.1) is 12.7 Å². The van der Waals surface area contributed by atoms with Crippen LogP contribution in [0.3, 0.4) is 0 Å². The standard InChI is InChI=1S/C15H11NO3/c1-18-11-4-5-13-12(8-11)15(17)14(19-13)7-10-3-2-6-16-9-10/h2-9H,1H3. The summed E-state index contributed by atoms with van der Waals surface area (Å²) < 4.78 is 10.7. The monoisotopic (exact) mass is 253 g/mol. The normalized spacial score (nSPS) is 15.2. The number of hydrogen-bond donors (Lipinski definition) is 0. The first kappa shape index (κ1) is 11.5. The van der Waals surface area contributed by atoms with Crippen molar-refractivity contribution in [1.29, 1.82) is 0 Å². The zero-order valence-corrected chi connectivity index (χ0v) is 10.3. The van der Waals surface area contributed by atoms with Crippen LogP contribution >= 0.6 is 0 Å². The molecule has 1 aromatic carbocycles. The van der Waals surface area contributed by atoms with Crippen LogP contribution in [0.25, 0.3) is 6.08 Å². The van der Waals surface area contributed by atoms with Gasteiger partial charge in [-0.15, -0.1) is 0 Å². The summed E-state index contributed by atoms with van der Waals surface area (Å²) in [7, 11) is 1.56. The van der Waals surface area contributed by atoms with Crippen LogP contribution in [0.2, 0.25) is 0 Å². The number of aromatic nitrogens is 1. The summed E-state index contributed by atoms with van der Waals surface area (Å²) >= 11 is 0. The van der Waals surface area contributed by atoms with Gasteiger partial charge in [-0.2, -0.15) is 0 Å². The molecule has 0 atom stereocenters. The van der Waals surface area contributed by atoms with Crippen molar-refractivity contribution in [3.8, 4) is 11.5 Å². The molecule has 1 aliphatic heterocycles. The number of rotatable bonds is 2. The molecular formula is C15H11NO3. The molecule has 4 heteroatoms. The lowest BCUT2D eigenvalue weighted by Gasteiger charge is -2.00. The van der Waals surface area contributed by atoms with Crippen LogP contribution in [0, 0.1) is 0 Å². The minimum Gasteiger partial charge on any atom is -0.497 e. The van der Waals surface area contributed by atoms with E-state index >= 15 is 0 Å². The van der Waals surface area contributed by atoms with E-state index in [1.807, 2.05) is 12.1 Å². The highest BCUT2D eigenvalue weighted by Gasteiger charge is 2.27. The molecular weight excluding hydrogens is 242 g/mol. The number of ether oxygens (including phenoxy) is 2. The number of ketones is 1. The summed E-state index contributed by atoms with van der Waals surface area (Å²) in [6.07, 6.45) is 5.04. The summed E-state index contributed by atoms with van der Waals surface area (Å²) in [5.41, 5.74) is 1.35. The van der Waals surface area contributed by atoms with E-state index in [1.54, 1.807) is 43.8 Å². The molecule has 0 bridgehead atoms. The number of allylic oxidation sites excluding steroid dienone is 1. The highest BCUT2D eigenvalue weighted by Crippen LogP contribution is 2.34. The van der Waals surface area contributed by atoms with E-state index in [0.717, 1.165) is 5.56 Å². The van der Waals surface area contributed by atoms with Crippen molar-refractivity contribution in [1.82, 2.24) is 4.98 Å². The van der Waals surface area contributed by atoms with Crippen molar-refractivity contribution in [2.24, 2.45) is 0 Å². The average Bonchev–Trinajstić information content (AvgIpc) is 2.76. The quantitative estimate of drug-likeness (QED) is 0.772. The van der Waals surface area contributed by atoms with Crippen LogP contribution < -0.4 is 9.47 Å². The summed E-state index contributed by atoms with van der Waals surface area (Å²) in [5, 5.41) is 0.